The average molecular weight is 327 g/mol. The summed E-state index contributed by atoms with van der Waals surface area (Å²) in [5, 5.41) is 8.83. The first-order valence-corrected chi connectivity index (χ1v) is 6.84. The Morgan fingerprint density at radius 2 is 2.05 bits per heavy atom. The van der Waals surface area contributed by atoms with Gasteiger partial charge in [-0.2, -0.15) is 21.6 Å². The second-order valence-corrected chi connectivity index (χ2v) is 5.58. The number of alkyl halides is 3. The van der Waals surface area contributed by atoms with Gasteiger partial charge in [0.2, 0.25) is 5.88 Å². The van der Waals surface area contributed by atoms with Crippen molar-refractivity contribution in [2.24, 2.45) is 0 Å². The van der Waals surface area contributed by atoms with Crippen molar-refractivity contribution in [1.29, 1.82) is 0 Å². The highest BCUT2D eigenvalue weighted by Crippen LogP contribution is 2.30. The summed E-state index contributed by atoms with van der Waals surface area (Å²) >= 11 is 0. The highest BCUT2D eigenvalue weighted by molar-refractivity contribution is 7.87. The maximum Gasteiger partial charge on any atom is 0.534 e. The maximum atomic E-state index is 12.3. The lowest BCUT2D eigenvalue weighted by Gasteiger charge is -2.26. The fourth-order valence-corrected chi connectivity index (χ4v) is 2.16. The molecule has 0 radical (unpaired) electrons. The van der Waals surface area contributed by atoms with Crippen molar-refractivity contribution < 1.29 is 35.7 Å². The van der Waals surface area contributed by atoms with Crippen LogP contribution in [0.2, 0.25) is 0 Å². The van der Waals surface area contributed by atoms with E-state index < -0.39 is 27.6 Å². The molecule has 1 aromatic rings. The van der Waals surface area contributed by atoms with E-state index in [0.717, 1.165) is 11.2 Å². The molecule has 0 atom stereocenters. The second kappa shape index (κ2) is 5.02. The molecule has 0 spiro atoms. The molecule has 0 aliphatic carbocycles. The first-order valence-electron chi connectivity index (χ1n) is 5.43. The zero-order chi connectivity index (χ0) is 15.8. The molecule has 0 saturated heterocycles. The number of amides is 1. The van der Waals surface area contributed by atoms with E-state index in [-0.39, 0.29) is 30.8 Å². The largest absolute Gasteiger partial charge is 0.534 e. The number of rotatable bonds is 2. The van der Waals surface area contributed by atoms with Crippen LogP contribution in [-0.4, -0.2) is 46.5 Å². The molecule has 0 saturated carbocycles. The van der Waals surface area contributed by atoms with Gasteiger partial charge in [0.25, 0.3) is 0 Å². The highest BCUT2D eigenvalue weighted by Gasteiger charge is 2.49. The van der Waals surface area contributed by atoms with Gasteiger partial charge in [0, 0.05) is 12.1 Å². The van der Waals surface area contributed by atoms with Crippen molar-refractivity contribution in [2.45, 2.75) is 18.5 Å². The summed E-state index contributed by atoms with van der Waals surface area (Å²) in [7, 11) is -5.83. The molecule has 1 aliphatic heterocycles. The Labute approximate surface area is 116 Å². The molecule has 1 aliphatic rings. The van der Waals surface area contributed by atoms with Gasteiger partial charge in [0.05, 0.1) is 12.2 Å². The molecular formula is C9H8F3N3O5S. The van der Waals surface area contributed by atoms with Gasteiger partial charge in [-0.3, -0.25) is 0 Å². The van der Waals surface area contributed by atoms with Gasteiger partial charge in [-0.1, -0.05) is 0 Å². The molecule has 0 bridgehead atoms. The summed E-state index contributed by atoms with van der Waals surface area (Å²) in [4.78, 5) is 18.9. The SMILES string of the molecule is O=C(O)N1CCc2c(ncnc2OS(=O)(=O)C(F)(F)F)C1. The lowest BCUT2D eigenvalue weighted by atomic mass is 10.1. The fourth-order valence-electron chi connectivity index (χ4n) is 1.71. The Hall–Kier alpha value is -2.11. The van der Waals surface area contributed by atoms with Crippen LogP contribution in [0.3, 0.4) is 0 Å². The normalized spacial score (nSPS) is 15.5. The van der Waals surface area contributed by atoms with Crippen molar-refractivity contribution in [3.8, 4) is 5.88 Å². The minimum Gasteiger partial charge on any atom is -0.465 e. The summed E-state index contributed by atoms with van der Waals surface area (Å²) in [6.07, 6.45) is -0.457. The molecule has 116 valence electrons. The number of aromatic nitrogens is 2. The highest BCUT2D eigenvalue weighted by atomic mass is 32.2. The summed E-state index contributed by atoms with van der Waals surface area (Å²) in [6.45, 7) is -0.215. The predicted octanol–water partition coefficient (Wildman–Crippen LogP) is 0.741. The van der Waals surface area contributed by atoms with E-state index in [1.165, 1.54) is 0 Å². The van der Waals surface area contributed by atoms with Crippen LogP contribution in [0.4, 0.5) is 18.0 Å². The van der Waals surface area contributed by atoms with Crippen LogP contribution < -0.4 is 4.18 Å². The monoisotopic (exact) mass is 327 g/mol. The smallest absolute Gasteiger partial charge is 0.465 e. The molecule has 2 heterocycles. The van der Waals surface area contributed by atoms with E-state index in [1.54, 1.807) is 0 Å². The number of hydrogen-bond acceptors (Lipinski definition) is 6. The molecule has 21 heavy (non-hydrogen) atoms. The zero-order valence-electron chi connectivity index (χ0n) is 10.2. The number of carbonyl (C=O) groups is 1. The van der Waals surface area contributed by atoms with Crippen LogP contribution >= 0.6 is 0 Å². The number of hydrogen-bond donors (Lipinski definition) is 1. The minimum atomic E-state index is -5.83. The molecular weight excluding hydrogens is 319 g/mol. The Bertz CT molecular complexity index is 676. The van der Waals surface area contributed by atoms with E-state index in [4.69, 9.17) is 5.11 Å². The lowest BCUT2D eigenvalue weighted by molar-refractivity contribution is -0.0501. The number of fused-ring (bicyclic) bond motifs is 1. The van der Waals surface area contributed by atoms with E-state index in [1.807, 2.05) is 0 Å². The van der Waals surface area contributed by atoms with Crippen LogP contribution in [0.1, 0.15) is 11.3 Å². The quantitative estimate of drug-likeness (QED) is 0.630. The van der Waals surface area contributed by atoms with Gasteiger partial charge in [-0.05, 0) is 6.42 Å². The Morgan fingerprint density at radius 3 is 2.62 bits per heavy atom. The van der Waals surface area contributed by atoms with Crippen LogP contribution in [0.15, 0.2) is 6.33 Å². The van der Waals surface area contributed by atoms with Crippen molar-refractivity contribution in [1.82, 2.24) is 14.9 Å². The van der Waals surface area contributed by atoms with Crippen molar-refractivity contribution in [3.63, 3.8) is 0 Å². The Morgan fingerprint density at radius 1 is 1.38 bits per heavy atom. The van der Waals surface area contributed by atoms with Crippen molar-refractivity contribution in [2.75, 3.05) is 6.54 Å². The molecule has 1 amide bonds. The molecule has 0 fully saturated rings. The summed E-state index contributed by atoms with van der Waals surface area (Å²) in [5.41, 5.74) is -5.43. The van der Waals surface area contributed by atoms with Gasteiger partial charge in [-0.15, -0.1) is 0 Å². The third-order valence-corrected chi connectivity index (χ3v) is 3.65. The first kappa shape index (κ1) is 15.3. The van der Waals surface area contributed by atoms with Crippen LogP contribution in [-0.2, 0) is 23.1 Å². The van der Waals surface area contributed by atoms with Crippen LogP contribution in [0.5, 0.6) is 5.88 Å². The summed E-state index contributed by atoms with van der Waals surface area (Å²) in [6, 6.07) is 0. The van der Waals surface area contributed by atoms with Crippen molar-refractivity contribution >= 4 is 16.2 Å². The van der Waals surface area contributed by atoms with Gasteiger partial charge in [0.1, 0.15) is 6.33 Å². The molecule has 12 heteroatoms. The van der Waals surface area contributed by atoms with E-state index in [0.29, 0.717) is 0 Å². The summed E-state index contributed by atoms with van der Waals surface area (Å²) < 4.78 is 62.8. The van der Waals surface area contributed by atoms with Gasteiger partial charge >= 0.3 is 21.7 Å². The molecule has 0 aromatic carbocycles. The van der Waals surface area contributed by atoms with Crippen LogP contribution in [0, 0.1) is 0 Å². The second-order valence-electron chi connectivity index (χ2n) is 4.04. The lowest BCUT2D eigenvalue weighted by Crippen LogP contribution is -2.36. The maximum absolute atomic E-state index is 12.3. The molecule has 8 nitrogen and oxygen atoms in total. The summed E-state index contributed by atoms with van der Waals surface area (Å²) in [5.74, 6) is -0.734. The average Bonchev–Trinajstić information content (AvgIpc) is 2.36. The third-order valence-electron chi connectivity index (χ3n) is 2.71. The van der Waals surface area contributed by atoms with E-state index in [2.05, 4.69) is 14.2 Å². The fraction of sp³-hybridized carbons (Fsp3) is 0.444. The standard InChI is InChI=1S/C9H8F3N3O5S/c10-9(11,12)21(18,19)20-7-5-1-2-15(8(16)17)3-6(5)13-4-14-7/h4H,1-3H2,(H,16,17). The molecule has 1 aromatic heterocycles. The number of carboxylic acid groups (broad SMARTS) is 1. The van der Waals surface area contributed by atoms with E-state index in [9.17, 15) is 26.4 Å². The topological polar surface area (TPSA) is 110 Å². The van der Waals surface area contributed by atoms with Gasteiger partial charge < -0.3 is 14.2 Å². The van der Waals surface area contributed by atoms with Gasteiger partial charge in [-0.25, -0.2) is 14.8 Å². The Balaban J connectivity index is 2.33. The number of halogens is 3. The first-order chi connectivity index (χ1) is 9.62. The van der Waals surface area contributed by atoms with Crippen molar-refractivity contribution in [3.05, 3.63) is 17.6 Å². The van der Waals surface area contributed by atoms with Crippen LogP contribution in [0.25, 0.3) is 0 Å². The number of nitrogens with zero attached hydrogens (tertiary/aromatic N) is 3. The zero-order valence-corrected chi connectivity index (χ0v) is 11.0. The Kier molecular flexibility index (Phi) is 3.65. The van der Waals surface area contributed by atoms with Gasteiger partial charge in [0.15, 0.2) is 0 Å². The molecule has 0 unspecified atom stereocenters. The molecule has 1 N–H and O–H groups in total. The molecule has 2 rings (SSSR count). The van der Waals surface area contributed by atoms with E-state index >= 15 is 0 Å². The predicted molar refractivity (Wildman–Crippen MR) is 59.8 cm³/mol. The minimum absolute atomic E-state index is 0.0296. The third kappa shape index (κ3) is 2.99.